The summed E-state index contributed by atoms with van der Waals surface area (Å²) in [5, 5.41) is 11.5. The second-order valence-corrected chi connectivity index (χ2v) is 10.4. The number of carbonyl (C=O) groups is 3. The zero-order valence-electron chi connectivity index (χ0n) is 22.9. The Morgan fingerprint density at radius 2 is 1.80 bits per heavy atom. The van der Waals surface area contributed by atoms with Crippen molar-refractivity contribution >= 4 is 18.5 Å². The third-order valence-electron chi connectivity index (χ3n) is 7.67. The van der Waals surface area contributed by atoms with Gasteiger partial charge in [0.25, 0.3) is 5.91 Å². The zero-order chi connectivity index (χ0) is 28.7. The lowest BCUT2D eigenvalue weighted by molar-refractivity contribution is -0.108. The van der Waals surface area contributed by atoms with E-state index in [0.717, 1.165) is 11.8 Å². The Kier molecular flexibility index (Phi) is 9.45. The van der Waals surface area contributed by atoms with Crippen LogP contribution in [0.2, 0.25) is 0 Å². The number of hydrogen-bond acceptors (Lipinski definition) is 6. The van der Waals surface area contributed by atoms with Crippen molar-refractivity contribution in [2.45, 2.75) is 50.8 Å². The number of rotatable bonds is 11. The normalized spacial score (nSPS) is 15.7. The molecule has 8 heteroatoms. The zero-order valence-corrected chi connectivity index (χ0v) is 22.9. The number of hydrogen-bond donors (Lipinski definition) is 1. The number of nitrogens with zero attached hydrogens (tertiary/aromatic N) is 2. The summed E-state index contributed by atoms with van der Waals surface area (Å²) in [6.45, 7) is 3.83. The lowest BCUT2D eigenvalue weighted by Gasteiger charge is -2.39. The molecule has 1 amide bonds. The minimum absolute atomic E-state index is 0.152. The maximum Gasteiger partial charge on any atom is 0.254 e. The van der Waals surface area contributed by atoms with Crippen LogP contribution in [0.1, 0.15) is 64.4 Å². The highest BCUT2D eigenvalue weighted by atomic mass is 19.1. The van der Waals surface area contributed by atoms with E-state index >= 15 is 0 Å². The van der Waals surface area contributed by atoms with Gasteiger partial charge in [-0.2, -0.15) is 0 Å². The molecule has 210 valence electrons. The van der Waals surface area contributed by atoms with Crippen molar-refractivity contribution in [1.82, 2.24) is 9.80 Å². The van der Waals surface area contributed by atoms with Gasteiger partial charge in [0.2, 0.25) is 0 Å². The lowest BCUT2D eigenvalue weighted by atomic mass is 9.83. The van der Waals surface area contributed by atoms with Gasteiger partial charge in [0.1, 0.15) is 23.6 Å². The van der Waals surface area contributed by atoms with Crippen LogP contribution >= 0.6 is 0 Å². The Morgan fingerprint density at radius 1 is 1.07 bits per heavy atom. The number of likely N-dealkylation sites (tertiary alicyclic amines) is 1. The number of amides is 1. The Labute approximate surface area is 234 Å². The van der Waals surface area contributed by atoms with Crippen LogP contribution in [0, 0.1) is 5.82 Å². The predicted molar refractivity (Wildman–Crippen MR) is 150 cm³/mol. The molecule has 3 aromatic carbocycles. The standard InChI is InChI=1S/C32H35FN2O5/c1-23(5-4-18-36)34(2)31(38)30-13-8-26(20-25(30)22-37)32(39)14-16-35(17-15-32)21-24-6-3-7-29(19-24)40-28-11-9-27(33)10-12-28/h3,6-13,18-20,22-23,39H,4-5,14-17,21H2,1-2H3. The second-order valence-electron chi connectivity index (χ2n) is 10.4. The van der Waals surface area contributed by atoms with Crippen LogP contribution < -0.4 is 4.74 Å². The Morgan fingerprint density at radius 3 is 2.48 bits per heavy atom. The summed E-state index contributed by atoms with van der Waals surface area (Å²) in [4.78, 5) is 39.4. The molecule has 7 nitrogen and oxygen atoms in total. The van der Waals surface area contributed by atoms with Crippen molar-refractivity contribution in [2.75, 3.05) is 20.1 Å². The third-order valence-corrected chi connectivity index (χ3v) is 7.67. The van der Waals surface area contributed by atoms with Crippen LogP contribution in [-0.4, -0.2) is 59.6 Å². The van der Waals surface area contributed by atoms with Crippen LogP contribution in [0.3, 0.4) is 0 Å². The largest absolute Gasteiger partial charge is 0.457 e. The van der Waals surface area contributed by atoms with Crippen LogP contribution in [0.5, 0.6) is 11.5 Å². The molecule has 1 N–H and O–H groups in total. The quantitative estimate of drug-likeness (QED) is 0.326. The maximum absolute atomic E-state index is 13.2. The first kappa shape index (κ1) is 29.1. The van der Waals surface area contributed by atoms with Crippen molar-refractivity contribution in [3.8, 4) is 11.5 Å². The first-order valence-corrected chi connectivity index (χ1v) is 13.5. The summed E-state index contributed by atoms with van der Waals surface area (Å²) >= 11 is 0. The Balaban J connectivity index is 1.39. The minimum Gasteiger partial charge on any atom is -0.457 e. The predicted octanol–water partition coefficient (Wildman–Crippen LogP) is 5.35. The van der Waals surface area contributed by atoms with Crippen molar-refractivity contribution in [3.63, 3.8) is 0 Å². The van der Waals surface area contributed by atoms with E-state index in [1.54, 1.807) is 42.3 Å². The van der Waals surface area contributed by atoms with Crippen LogP contribution in [-0.2, 0) is 16.9 Å². The molecule has 0 aromatic heterocycles. The maximum atomic E-state index is 13.2. The van der Waals surface area contributed by atoms with Crippen molar-refractivity contribution in [1.29, 1.82) is 0 Å². The molecule has 40 heavy (non-hydrogen) atoms. The van der Waals surface area contributed by atoms with Crippen molar-refractivity contribution < 1.29 is 28.6 Å². The molecule has 1 fully saturated rings. The average Bonchev–Trinajstić information content (AvgIpc) is 2.97. The van der Waals surface area contributed by atoms with E-state index in [1.807, 2.05) is 31.2 Å². The molecule has 1 aliphatic rings. The van der Waals surface area contributed by atoms with Gasteiger partial charge >= 0.3 is 0 Å². The molecular formula is C32H35FN2O5. The topological polar surface area (TPSA) is 87.2 Å². The van der Waals surface area contributed by atoms with E-state index in [0.29, 0.717) is 68.7 Å². The molecule has 0 radical (unpaired) electrons. The summed E-state index contributed by atoms with van der Waals surface area (Å²) in [6, 6.07) is 18.4. The summed E-state index contributed by atoms with van der Waals surface area (Å²) < 4.78 is 19.0. The van der Waals surface area contributed by atoms with Gasteiger partial charge in [-0.25, -0.2) is 4.39 Å². The summed E-state index contributed by atoms with van der Waals surface area (Å²) in [7, 11) is 1.66. The number of piperidine rings is 1. The Bertz CT molecular complexity index is 1340. The van der Waals surface area contributed by atoms with E-state index in [4.69, 9.17) is 4.74 Å². The lowest BCUT2D eigenvalue weighted by Crippen LogP contribution is -2.42. The van der Waals surface area contributed by atoms with E-state index in [9.17, 15) is 23.9 Å². The van der Waals surface area contributed by atoms with E-state index in [1.165, 1.54) is 12.1 Å². The number of ether oxygens (including phenoxy) is 1. The molecule has 3 aromatic rings. The molecule has 0 spiro atoms. The molecule has 1 atom stereocenters. The fraction of sp³-hybridized carbons (Fsp3) is 0.344. The van der Waals surface area contributed by atoms with E-state index in [2.05, 4.69) is 4.90 Å². The highest BCUT2D eigenvalue weighted by molar-refractivity contribution is 6.01. The SMILES string of the molecule is CC(CCC=O)N(C)C(=O)c1ccc(C2(O)CCN(Cc3cccc(Oc4ccc(F)cc4)c3)CC2)cc1C=O. The monoisotopic (exact) mass is 546 g/mol. The number of halogens is 1. The number of carbonyl (C=O) groups excluding carboxylic acids is 3. The smallest absolute Gasteiger partial charge is 0.254 e. The summed E-state index contributed by atoms with van der Waals surface area (Å²) in [6.07, 6.45) is 3.34. The number of aldehydes is 2. The van der Waals surface area contributed by atoms with Gasteiger partial charge < -0.3 is 19.5 Å². The molecular weight excluding hydrogens is 511 g/mol. The minimum atomic E-state index is -1.10. The van der Waals surface area contributed by atoms with Gasteiger partial charge in [0.15, 0.2) is 6.29 Å². The summed E-state index contributed by atoms with van der Waals surface area (Å²) in [5.74, 6) is 0.614. The van der Waals surface area contributed by atoms with E-state index < -0.39 is 5.60 Å². The summed E-state index contributed by atoms with van der Waals surface area (Å²) in [5.41, 5.74) is 1.10. The van der Waals surface area contributed by atoms with Gasteiger partial charge in [0.05, 0.1) is 11.2 Å². The van der Waals surface area contributed by atoms with Crippen molar-refractivity contribution in [2.24, 2.45) is 0 Å². The van der Waals surface area contributed by atoms with Gasteiger partial charge in [-0.3, -0.25) is 14.5 Å². The van der Waals surface area contributed by atoms with E-state index in [-0.39, 0.29) is 28.9 Å². The molecule has 4 rings (SSSR count). The molecule has 1 aliphatic heterocycles. The fourth-order valence-corrected chi connectivity index (χ4v) is 5.01. The van der Waals surface area contributed by atoms with Crippen molar-refractivity contribution in [3.05, 3.63) is 94.8 Å². The number of aliphatic hydroxyl groups is 1. The van der Waals surface area contributed by atoms with Gasteiger partial charge in [-0.05, 0) is 85.8 Å². The highest BCUT2D eigenvalue weighted by Gasteiger charge is 2.35. The highest BCUT2D eigenvalue weighted by Crippen LogP contribution is 2.35. The third kappa shape index (κ3) is 7.00. The van der Waals surface area contributed by atoms with Gasteiger partial charge in [-0.15, -0.1) is 0 Å². The Hall–Kier alpha value is -3.88. The molecule has 1 heterocycles. The molecule has 0 aliphatic carbocycles. The average molecular weight is 547 g/mol. The fourth-order valence-electron chi connectivity index (χ4n) is 5.01. The van der Waals surface area contributed by atoms with Gasteiger partial charge in [-0.1, -0.05) is 18.2 Å². The molecule has 1 saturated heterocycles. The van der Waals surface area contributed by atoms with Crippen LogP contribution in [0.15, 0.2) is 66.7 Å². The van der Waals surface area contributed by atoms with Crippen LogP contribution in [0.4, 0.5) is 4.39 Å². The van der Waals surface area contributed by atoms with Crippen LogP contribution in [0.25, 0.3) is 0 Å². The number of benzene rings is 3. The first-order valence-electron chi connectivity index (χ1n) is 13.5. The molecule has 0 bridgehead atoms. The van der Waals surface area contributed by atoms with Gasteiger partial charge in [0, 0.05) is 44.7 Å². The molecule has 0 saturated carbocycles. The first-order chi connectivity index (χ1) is 19.2. The molecule has 1 unspecified atom stereocenters. The second kappa shape index (κ2) is 13.0.